The Labute approximate surface area is 82.6 Å². The lowest BCUT2D eigenvalue weighted by molar-refractivity contribution is -0.0222. The minimum absolute atomic E-state index is 0.379. The van der Waals surface area contributed by atoms with Crippen molar-refractivity contribution in [3.63, 3.8) is 0 Å². The Kier molecular flexibility index (Phi) is 2.52. The summed E-state index contributed by atoms with van der Waals surface area (Å²) in [4.78, 5) is 3.93. The van der Waals surface area contributed by atoms with Crippen molar-refractivity contribution in [1.82, 2.24) is 10.1 Å². The summed E-state index contributed by atoms with van der Waals surface area (Å²) in [5.41, 5.74) is 5.35. The molecule has 5 nitrogen and oxygen atoms in total. The molecule has 1 aromatic heterocycles. The van der Waals surface area contributed by atoms with Crippen molar-refractivity contribution in [1.29, 1.82) is 0 Å². The lowest BCUT2D eigenvalue weighted by Gasteiger charge is -2.29. The van der Waals surface area contributed by atoms with E-state index in [1.807, 2.05) is 6.92 Å². The molecule has 2 rings (SSSR count). The smallest absolute Gasteiger partial charge is 0.213 e. The van der Waals surface area contributed by atoms with E-state index in [4.69, 9.17) is 10.5 Å². The Morgan fingerprint density at radius 2 is 2.50 bits per heavy atom. The molecule has 0 radical (unpaired) electrons. The highest BCUT2D eigenvalue weighted by molar-refractivity contribution is 4.99. The molecule has 0 aliphatic heterocycles. The van der Waals surface area contributed by atoms with Crippen LogP contribution in [0.5, 0.6) is 0 Å². The van der Waals surface area contributed by atoms with Gasteiger partial charge < -0.3 is 15.0 Å². The highest BCUT2D eigenvalue weighted by atomic mass is 16.5. The van der Waals surface area contributed by atoms with E-state index in [1.54, 1.807) is 0 Å². The van der Waals surface area contributed by atoms with E-state index < -0.39 is 5.54 Å². The van der Waals surface area contributed by atoms with Crippen LogP contribution in [0, 0.1) is 0 Å². The molecule has 1 fully saturated rings. The van der Waals surface area contributed by atoms with Gasteiger partial charge in [-0.25, -0.2) is 0 Å². The summed E-state index contributed by atoms with van der Waals surface area (Å²) < 4.78 is 10.3. The van der Waals surface area contributed by atoms with Crippen LogP contribution in [0.4, 0.5) is 0 Å². The van der Waals surface area contributed by atoms with Crippen molar-refractivity contribution < 1.29 is 9.26 Å². The van der Waals surface area contributed by atoms with Gasteiger partial charge in [-0.05, 0) is 26.2 Å². The highest BCUT2D eigenvalue weighted by Crippen LogP contribution is 2.24. The van der Waals surface area contributed by atoms with Gasteiger partial charge in [-0.3, -0.25) is 0 Å². The quantitative estimate of drug-likeness (QED) is 0.773. The summed E-state index contributed by atoms with van der Waals surface area (Å²) in [6, 6.07) is 0. The molecule has 1 heterocycles. The van der Waals surface area contributed by atoms with Crippen LogP contribution in [-0.4, -0.2) is 22.9 Å². The maximum Gasteiger partial charge on any atom is 0.213 e. The number of rotatable bonds is 4. The summed E-state index contributed by atoms with van der Waals surface area (Å²) in [5, 5.41) is 3.72. The number of hydrogen-bond donors (Lipinski definition) is 1. The van der Waals surface area contributed by atoms with Gasteiger partial charge in [0.15, 0.2) is 5.82 Å². The zero-order valence-corrected chi connectivity index (χ0v) is 8.27. The second kappa shape index (κ2) is 3.67. The Bertz CT molecular complexity index is 280. The molecule has 0 aromatic carbocycles. The van der Waals surface area contributed by atoms with Gasteiger partial charge in [-0.2, -0.15) is 4.98 Å². The average molecular weight is 197 g/mol. The van der Waals surface area contributed by atoms with Gasteiger partial charge in [0.1, 0.15) is 5.54 Å². The van der Waals surface area contributed by atoms with Crippen LogP contribution in [0.1, 0.15) is 32.0 Å². The molecule has 1 aliphatic carbocycles. The van der Waals surface area contributed by atoms with Crippen LogP contribution in [-0.2, 0) is 10.3 Å². The number of nitrogens with two attached hydrogens (primary N) is 1. The topological polar surface area (TPSA) is 74.2 Å². The lowest BCUT2D eigenvalue weighted by Crippen LogP contribution is -2.41. The fourth-order valence-corrected chi connectivity index (χ4v) is 1.32. The van der Waals surface area contributed by atoms with Crippen molar-refractivity contribution in [3.8, 4) is 0 Å². The van der Waals surface area contributed by atoms with Gasteiger partial charge in [0.05, 0.1) is 12.7 Å². The SMILES string of the molecule is CC(N)(COC1CCC1)c1ncon1. The zero-order chi connectivity index (χ0) is 10.0. The molecule has 0 spiro atoms. The van der Waals surface area contributed by atoms with Gasteiger partial charge >= 0.3 is 0 Å². The van der Waals surface area contributed by atoms with Crippen LogP contribution >= 0.6 is 0 Å². The molecule has 1 unspecified atom stereocenters. The number of nitrogens with zero attached hydrogens (tertiary/aromatic N) is 2. The standard InChI is InChI=1S/C9H15N3O2/c1-9(10,8-11-6-14-12-8)5-13-7-3-2-4-7/h6-7H,2-5,10H2,1H3. The van der Waals surface area contributed by atoms with Crippen LogP contribution < -0.4 is 5.73 Å². The largest absolute Gasteiger partial charge is 0.376 e. The predicted octanol–water partition coefficient (Wildman–Crippen LogP) is 0.813. The van der Waals surface area contributed by atoms with Gasteiger partial charge in [0.2, 0.25) is 6.39 Å². The monoisotopic (exact) mass is 197 g/mol. The van der Waals surface area contributed by atoms with Crippen LogP contribution in [0.15, 0.2) is 10.9 Å². The summed E-state index contributed by atoms with van der Waals surface area (Å²) in [7, 11) is 0. The summed E-state index contributed by atoms with van der Waals surface area (Å²) in [6.07, 6.45) is 5.20. The molecule has 0 saturated heterocycles. The third-order valence-corrected chi connectivity index (χ3v) is 2.54. The minimum atomic E-state index is -0.650. The van der Waals surface area contributed by atoms with Crippen LogP contribution in [0.2, 0.25) is 0 Å². The second-order valence-corrected chi connectivity index (χ2v) is 4.04. The summed E-state index contributed by atoms with van der Waals surface area (Å²) in [6.45, 7) is 2.29. The lowest BCUT2D eigenvalue weighted by atomic mass is 9.95. The molecule has 78 valence electrons. The van der Waals surface area contributed by atoms with E-state index in [1.165, 1.54) is 12.8 Å². The molecule has 5 heteroatoms. The summed E-state index contributed by atoms with van der Waals surface area (Å²) in [5.74, 6) is 0.497. The van der Waals surface area contributed by atoms with Gasteiger partial charge in [-0.15, -0.1) is 0 Å². The third-order valence-electron chi connectivity index (χ3n) is 2.54. The molecule has 1 aliphatic rings. The predicted molar refractivity (Wildman–Crippen MR) is 49.4 cm³/mol. The summed E-state index contributed by atoms with van der Waals surface area (Å²) >= 11 is 0. The third kappa shape index (κ3) is 1.93. The number of hydrogen-bond acceptors (Lipinski definition) is 5. The van der Waals surface area contributed by atoms with E-state index in [-0.39, 0.29) is 0 Å². The molecule has 14 heavy (non-hydrogen) atoms. The minimum Gasteiger partial charge on any atom is -0.376 e. The number of ether oxygens (including phenoxy) is 1. The Morgan fingerprint density at radius 1 is 1.71 bits per heavy atom. The molecular formula is C9H15N3O2. The van der Waals surface area contributed by atoms with E-state index >= 15 is 0 Å². The molecule has 0 bridgehead atoms. The normalized spacial score (nSPS) is 21.6. The maximum atomic E-state index is 6.00. The first-order valence-corrected chi connectivity index (χ1v) is 4.86. The molecule has 1 aromatic rings. The van der Waals surface area contributed by atoms with Crippen molar-refractivity contribution in [2.45, 2.75) is 37.8 Å². The van der Waals surface area contributed by atoms with Gasteiger partial charge in [0, 0.05) is 0 Å². The van der Waals surface area contributed by atoms with Crippen molar-refractivity contribution in [2.75, 3.05) is 6.61 Å². The van der Waals surface area contributed by atoms with Crippen molar-refractivity contribution in [3.05, 3.63) is 12.2 Å². The maximum absolute atomic E-state index is 6.00. The molecule has 0 amide bonds. The molecule has 1 atom stereocenters. The van der Waals surface area contributed by atoms with Crippen LogP contribution in [0.3, 0.4) is 0 Å². The van der Waals surface area contributed by atoms with Crippen LogP contribution in [0.25, 0.3) is 0 Å². The average Bonchev–Trinajstić information content (AvgIpc) is 2.52. The van der Waals surface area contributed by atoms with Crippen molar-refractivity contribution in [2.24, 2.45) is 5.73 Å². The first-order valence-electron chi connectivity index (χ1n) is 4.86. The number of aromatic nitrogens is 2. The van der Waals surface area contributed by atoms with E-state index in [9.17, 15) is 0 Å². The first-order chi connectivity index (χ1) is 6.68. The Hall–Kier alpha value is -0.940. The Morgan fingerprint density at radius 3 is 3.00 bits per heavy atom. The van der Waals surface area contributed by atoms with Gasteiger partial charge in [-0.1, -0.05) is 5.16 Å². The van der Waals surface area contributed by atoms with Gasteiger partial charge in [0.25, 0.3) is 0 Å². The van der Waals surface area contributed by atoms with Crippen molar-refractivity contribution >= 4 is 0 Å². The highest BCUT2D eigenvalue weighted by Gasteiger charge is 2.29. The molecule has 1 saturated carbocycles. The Balaban J connectivity index is 1.88. The second-order valence-electron chi connectivity index (χ2n) is 4.04. The zero-order valence-electron chi connectivity index (χ0n) is 8.27. The van der Waals surface area contributed by atoms with E-state index in [0.29, 0.717) is 18.5 Å². The molecule has 2 N–H and O–H groups in total. The fourth-order valence-electron chi connectivity index (χ4n) is 1.32. The van der Waals surface area contributed by atoms with E-state index in [0.717, 1.165) is 12.8 Å². The molecular weight excluding hydrogens is 182 g/mol. The van der Waals surface area contributed by atoms with E-state index in [2.05, 4.69) is 14.7 Å². The fraction of sp³-hybridized carbons (Fsp3) is 0.778. The first kappa shape index (κ1) is 9.61.